The Morgan fingerprint density at radius 1 is 1.14 bits per heavy atom. The number of hydrogen-bond acceptors (Lipinski definition) is 11. The molecule has 3 rings (SSSR count). The number of imidazole rings is 1. The third-order valence-corrected chi connectivity index (χ3v) is 5.76. The molecule has 0 bridgehead atoms. The van der Waals surface area contributed by atoms with E-state index in [1.165, 1.54) is 10.9 Å². The first-order chi connectivity index (χ1) is 12.5. The van der Waals surface area contributed by atoms with E-state index in [1.54, 1.807) is 0 Å². The molecule has 0 aliphatic carbocycles. The van der Waals surface area contributed by atoms with E-state index in [0.717, 1.165) is 6.33 Å². The monoisotopic (exact) mass is 475 g/mol. The Balaban J connectivity index is 0.00000210. The number of aliphatic hydroxyl groups is 2. The molecule has 7 N–H and O–H groups in total. The molecule has 5 atom stereocenters. The summed E-state index contributed by atoms with van der Waals surface area (Å²) in [5, 5.41) is 20.3. The predicted molar refractivity (Wildman–Crippen MR) is 98.9 cm³/mol. The van der Waals surface area contributed by atoms with Gasteiger partial charge in [-0.05, 0) is 0 Å². The van der Waals surface area contributed by atoms with Gasteiger partial charge in [0.2, 0.25) is 0 Å². The van der Waals surface area contributed by atoms with E-state index in [2.05, 4.69) is 23.8 Å². The SMILES string of the molecule is Nc1ncnc2c1ncn2[C@@H]1O[C@H](COP(=O)(O)OP(=O)(O)O)C(O)C1O.[NaH].[NaH]. The van der Waals surface area contributed by atoms with E-state index in [4.69, 9.17) is 20.3 Å². The van der Waals surface area contributed by atoms with E-state index in [-0.39, 0.29) is 76.1 Å². The summed E-state index contributed by atoms with van der Waals surface area (Å²) >= 11 is 0. The maximum absolute atomic E-state index is 11.5. The predicted octanol–water partition coefficient (Wildman–Crippen LogP) is -3.04. The molecule has 2 aromatic rings. The number of aromatic nitrogens is 4. The molecule has 0 aromatic carbocycles. The average molecular weight is 475 g/mol. The van der Waals surface area contributed by atoms with Crippen LogP contribution in [0.1, 0.15) is 6.23 Å². The van der Waals surface area contributed by atoms with Crippen molar-refractivity contribution in [3.8, 4) is 0 Å². The molecule has 0 spiro atoms. The van der Waals surface area contributed by atoms with E-state index in [0.29, 0.717) is 0 Å². The first-order valence-electron chi connectivity index (χ1n) is 7.17. The zero-order valence-electron chi connectivity index (χ0n) is 13.2. The van der Waals surface area contributed by atoms with Crippen molar-refractivity contribution >= 4 is 91.7 Å². The molecule has 3 heterocycles. The first-order valence-corrected chi connectivity index (χ1v) is 10.2. The van der Waals surface area contributed by atoms with Crippen LogP contribution in [0.25, 0.3) is 11.2 Å². The van der Waals surface area contributed by atoms with Crippen molar-refractivity contribution in [2.75, 3.05) is 12.3 Å². The molecule has 1 saturated heterocycles. The van der Waals surface area contributed by atoms with Crippen LogP contribution in [0.4, 0.5) is 5.82 Å². The third kappa shape index (κ3) is 6.49. The maximum atomic E-state index is 11.5. The van der Waals surface area contributed by atoms with E-state index < -0.39 is 46.8 Å². The molecule has 1 aliphatic heterocycles. The zero-order chi connectivity index (χ0) is 20.0. The number of anilines is 1. The Morgan fingerprint density at radius 2 is 1.79 bits per heavy atom. The fraction of sp³-hybridized carbons (Fsp3) is 0.500. The van der Waals surface area contributed by atoms with Gasteiger partial charge in [-0.1, -0.05) is 0 Å². The van der Waals surface area contributed by atoms with E-state index >= 15 is 0 Å². The van der Waals surface area contributed by atoms with E-state index in [9.17, 15) is 24.2 Å². The standard InChI is InChI=1S/C10H15N5O10P2.2Na.2H/c11-8-5-9(13-2-12-8)15(3-14-5)10-7(17)6(16)4(24-10)1-23-27(21,22)25-26(18,19)20;;;;/h2-4,6-7,10,16-17H,1H2,(H,21,22)(H2,11,12,13)(H2,18,19,20);;;;/t4-,6?,7?,10-;;;;/m1..../s1. The van der Waals surface area contributed by atoms with Crippen LogP contribution in [0.2, 0.25) is 0 Å². The van der Waals surface area contributed by atoms with Crippen molar-refractivity contribution in [2.45, 2.75) is 24.5 Å². The van der Waals surface area contributed by atoms with Crippen molar-refractivity contribution in [1.82, 2.24) is 19.5 Å². The van der Waals surface area contributed by atoms with Crippen LogP contribution in [-0.4, -0.2) is 128 Å². The topological polar surface area (TPSA) is 233 Å². The Labute approximate surface area is 207 Å². The fourth-order valence-corrected chi connectivity index (χ4v) is 4.08. The molecule has 29 heavy (non-hydrogen) atoms. The van der Waals surface area contributed by atoms with Crippen LogP contribution in [0.15, 0.2) is 12.7 Å². The summed E-state index contributed by atoms with van der Waals surface area (Å²) in [7, 11) is -10.4. The van der Waals surface area contributed by atoms with Crippen LogP contribution >= 0.6 is 15.6 Å². The van der Waals surface area contributed by atoms with Crippen molar-refractivity contribution in [3.63, 3.8) is 0 Å². The minimum atomic E-state index is -5.29. The first kappa shape index (κ1) is 27.5. The van der Waals surface area contributed by atoms with Gasteiger partial charge in [-0.15, -0.1) is 0 Å². The van der Waals surface area contributed by atoms with Crippen molar-refractivity contribution < 1.29 is 47.6 Å². The van der Waals surface area contributed by atoms with Gasteiger partial charge < -0.3 is 35.4 Å². The molecule has 1 fully saturated rings. The second-order valence-electron chi connectivity index (χ2n) is 5.47. The van der Waals surface area contributed by atoms with E-state index in [1.807, 2.05) is 0 Å². The summed E-state index contributed by atoms with van der Waals surface area (Å²) < 4.78 is 36.8. The number of rotatable bonds is 6. The number of aliphatic hydroxyl groups excluding tert-OH is 2. The van der Waals surface area contributed by atoms with Crippen molar-refractivity contribution in [1.29, 1.82) is 0 Å². The van der Waals surface area contributed by atoms with Gasteiger partial charge in [-0.3, -0.25) is 9.09 Å². The van der Waals surface area contributed by atoms with Gasteiger partial charge in [0.1, 0.15) is 30.2 Å². The number of nitrogens with zero attached hydrogens (tertiary/aromatic N) is 4. The van der Waals surface area contributed by atoms with Crippen LogP contribution in [0, 0.1) is 0 Å². The number of nitrogens with two attached hydrogens (primary N) is 1. The Kier molecular flexibility index (Phi) is 9.87. The van der Waals surface area contributed by atoms with Gasteiger partial charge in [0.05, 0.1) is 12.9 Å². The van der Waals surface area contributed by atoms with Crippen LogP contribution in [0.5, 0.6) is 0 Å². The molecule has 0 saturated carbocycles. The zero-order valence-corrected chi connectivity index (χ0v) is 15.0. The summed E-state index contributed by atoms with van der Waals surface area (Å²) in [5.74, 6) is 0.0856. The number of fused-ring (bicyclic) bond motifs is 1. The molecule has 154 valence electrons. The van der Waals surface area contributed by atoms with Gasteiger partial charge in [-0.25, -0.2) is 24.1 Å². The second kappa shape index (κ2) is 10.4. The molecule has 2 aromatic heterocycles. The molecule has 1 aliphatic rings. The van der Waals surface area contributed by atoms with Gasteiger partial charge in [0.15, 0.2) is 17.7 Å². The number of phosphoric ester groups is 1. The Hall–Kier alpha value is 0.490. The summed E-state index contributed by atoms with van der Waals surface area (Å²) in [6.07, 6.45) is -3.20. The summed E-state index contributed by atoms with van der Waals surface area (Å²) in [5.41, 5.74) is 6.11. The quantitative estimate of drug-likeness (QED) is 0.180. The fourth-order valence-electron chi connectivity index (χ4n) is 2.48. The van der Waals surface area contributed by atoms with Gasteiger partial charge in [-0.2, -0.15) is 4.31 Å². The summed E-state index contributed by atoms with van der Waals surface area (Å²) in [6, 6.07) is 0. The van der Waals surface area contributed by atoms with Crippen molar-refractivity contribution in [2.24, 2.45) is 0 Å². The third-order valence-electron chi connectivity index (χ3n) is 3.61. The van der Waals surface area contributed by atoms with Gasteiger partial charge in [0, 0.05) is 0 Å². The van der Waals surface area contributed by atoms with Crippen LogP contribution < -0.4 is 5.73 Å². The second-order valence-corrected chi connectivity index (χ2v) is 8.30. The molecule has 19 heteroatoms. The van der Waals surface area contributed by atoms with Crippen LogP contribution in [0.3, 0.4) is 0 Å². The number of hydrogen-bond donors (Lipinski definition) is 6. The number of nitrogen functional groups attached to an aromatic ring is 1. The number of phosphoric acid groups is 2. The summed E-state index contributed by atoms with van der Waals surface area (Å²) in [4.78, 5) is 38.1. The Morgan fingerprint density at radius 3 is 2.41 bits per heavy atom. The molecular formula is C10H17N5Na2O10P2. The molecular weight excluding hydrogens is 458 g/mol. The molecule has 3 unspecified atom stereocenters. The molecule has 0 amide bonds. The minimum absolute atomic E-state index is 0. The Bertz CT molecular complexity index is 943. The summed E-state index contributed by atoms with van der Waals surface area (Å²) in [6.45, 7) is -0.813. The number of ether oxygens (including phenoxy) is 1. The average Bonchev–Trinajstić information content (AvgIpc) is 3.07. The van der Waals surface area contributed by atoms with Gasteiger partial charge in [0.25, 0.3) is 0 Å². The molecule has 15 nitrogen and oxygen atoms in total. The van der Waals surface area contributed by atoms with Crippen molar-refractivity contribution in [3.05, 3.63) is 12.7 Å². The molecule has 0 radical (unpaired) electrons. The van der Waals surface area contributed by atoms with Crippen LogP contribution in [-0.2, 0) is 22.7 Å². The normalized spacial score (nSPS) is 26.5. The van der Waals surface area contributed by atoms with Gasteiger partial charge >= 0.3 is 74.8 Å².